The van der Waals surface area contributed by atoms with E-state index in [9.17, 15) is 14.4 Å². The first-order valence-electron chi connectivity index (χ1n) is 9.14. The van der Waals surface area contributed by atoms with Crippen LogP contribution >= 0.6 is 22.7 Å². The second-order valence-electron chi connectivity index (χ2n) is 6.63. The molecule has 9 heteroatoms. The molecule has 3 aromatic heterocycles. The maximum Gasteiger partial charge on any atom is 0.257 e. The van der Waals surface area contributed by atoms with Gasteiger partial charge in [0.2, 0.25) is 5.91 Å². The quantitative estimate of drug-likeness (QED) is 0.631. The molecule has 7 nitrogen and oxygen atoms in total. The zero-order chi connectivity index (χ0) is 20.2. The lowest BCUT2D eigenvalue weighted by Gasteiger charge is -2.19. The highest BCUT2D eigenvalue weighted by Crippen LogP contribution is 2.32. The molecule has 0 unspecified atom stereocenters. The van der Waals surface area contributed by atoms with E-state index in [-0.39, 0.29) is 24.0 Å². The van der Waals surface area contributed by atoms with Crippen molar-refractivity contribution in [1.82, 2.24) is 15.3 Å². The fraction of sp³-hybridized carbons (Fsp3) is 0.250. The molecular weight excluding hydrogens is 408 g/mol. The fourth-order valence-corrected chi connectivity index (χ4v) is 4.80. The van der Waals surface area contributed by atoms with Gasteiger partial charge >= 0.3 is 0 Å². The van der Waals surface area contributed by atoms with Crippen molar-refractivity contribution in [2.75, 3.05) is 11.9 Å². The Morgan fingerprint density at radius 2 is 2.00 bits per heavy atom. The van der Waals surface area contributed by atoms with Gasteiger partial charge in [-0.15, -0.1) is 11.3 Å². The Hall–Kier alpha value is -2.91. The van der Waals surface area contributed by atoms with Gasteiger partial charge in [-0.05, 0) is 30.0 Å². The average Bonchev–Trinajstić information content (AvgIpc) is 3.38. The first-order valence-corrected chi connectivity index (χ1v) is 10.8. The molecule has 2 amide bonds. The standard InChI is InChI=1S/C20H18N4O3S2/c25-16-11-13(18(26)22-8-5-14-2-1-9-28-14)10-15-17(16)29-20(23-15)24-19(27)12-3-6-21-7-4-12/h1-4,6-7,9,13H,5,8,10-11H2,(H,22,26)(H,23,24,27)/t13-/m1/s1. The van der Waals surface area contributed by atoms with Crippen molar-refractivity contribution in [3.8, 4) is 0 Å². The summed E-state index contributed by atoms with van der Waals surface area (Å²) >= 11 is 2.81. The predicted molar refractivity (Wildman–Crippen MR) is 111 cm³/mol. The molecule has 1 atom stereocenters. The van der Waals surface area contributed by atoms with Crippen molar-refractivity contribution in [3.63, 3.8) is 0 Å². The number of nitrogens with zero attached hydrogens (tertiary/aromatic N) is 2. The smallest absolute Gasteiger partial charge is 0.257 e. The summed E-state index contributed by atoms with van der Waals surface area (Å²) in [6.45, 7) is 0.543. The first kappa shape index (κ1) is 19.4. The molecule has 1 aliphatic rings. The second-order valence-corrected chi connectivity index (χ2v) is 8.66. The van der Waals surface area contributed by atoms with Gasteiger partial charge in [-0.25, -0.2) is 4.98 Å². The molecule has 4 rings (SSSR count). The van der Waals surface area contributed by atoms with Gasteiger partial charge in [-0.1, -0.05) is 17.4 Å². The molecule has 29 heavy (non-hydrogen) atoms. The third-order valence-electron chi connectivity index (χ3n) is 4.61. The molecule has 1 aliphatic carbocycles. The molecule has 3 heterocycles. The minimum absolute atomic E-state index is 0.105. The van der Waals surface area contributed by atoms with Crippen molar-refractivity contribution < 1.29 is 14.4 Å². The Morgan fingerprint density at radius 1 is 1.17 bits per heavy atom. The number of nitrogens with one attached hydrogen (secondary N) is 2. The number of Topliss-reactive ketones (excluding diaryl/α,β-unsaturated/α-hetero) is 1. The number of anilines is 1. The van der Waals surface area contributed by atoms with Gasteiger partial charge in [0.15, 0.2) is 10.9 Å². The van der Waals surface area contributed by atoms with Crippen molar-refractivity contribution in [2.24, 2.45) is 5.92 Å². The third kappa shape index (κ3) is 4.57. The monoisotopic (exact) mass is 426 g/mol. The van der Waals surface area contributed by atoms with Gasteiger partial charge in [0.05, 0.1) is 16.5 Å². The predicted octanol–water partition coefficient (Wildman–Crippen LogP) is 2.96. The number of aromatic nitrogens is 2. The van der Waals surface area contributed by atoms with E-state index < -0.39 is 5.92 Å². The van der Waals surface area contributed by atoms with Crippen LogP contribution in [0.15, 0.2) is 42.0 Å². The number of thiophene rings is 1. The molecule has 0 aliphatic heterocycles. The summed E-state index contributed by atoms with van der Waals surface area (Å²) in [5.74, 6) is -0.972. The zero-order valence-corrected chi connectivity index (χ0v) is 17.0. The Morgan fingerprint density at radius 3 is 2.76 bits per heavy atom. The second kappa shape index (κ2) is 8.62. The molecule has 0 spiro atoms. The highest BCUT2D eigenvalue weighted by molar-refractivity contribution is 7.17. The number of thiazole rings is 1. The molecule has 148 valence electrons. The molecule has 0 saturated heterocycles. The molecule has 0 aromatic carbocycles. The lowest BCUT2D eigenvalue weighted by Crippen LogP contribution is -2.36. The number of fused-ring (bicyclic) bond motifs is 1. The van der Waals surface area contributed by atoms with E-state index in [1.165, 1.54) is 17.3 Å². The van der Waals surface area contributed by atoms with Crippen LogP contribution < -0.4 is 10.6 Å². The van der Waals surface area contributed by atoms with Gasteiger partial charge in [-0.3, -0.25) is 24.7 Å². The van der Waals surface area contributed by atoms with Crippen LogP contribution in [0.25, 0.3) is 0 Å². The number of carbonyl (C=O) groups is 3. The Labute approximate surface area is 175 Å². The maximum atomic E-state index is 12.5. The summed E-state index contributed by atoms with van der Waals surface area (Å²) in [7, 11) is 0. The Bertz CT molecular complexity index is 1030. The lowest BCUT2D eigenvalue weighted by atomic mass is 9.89. The molecular formula is C20H18N4O3S2. The molecule has 3 aromatic rings. The van der Waals surface area contributed by atoms with E-state index in [0.717, 1.165) is 17.8 Å². The summed E-state index contributed by atoms with van der Waals surface area (Å²) in [5.41, 5.74) is 1.04. The normalized spacial score (nSPS) is 15.6. The van der Waals surface area contributed by atoms with E-state index in [4.69, 9.17) is 0 Å². The van der Waals surface area contributed by atoms with E-state index in [1.807, 2.05) is 17.5 Å². The fourth-order valence-electron chi connectivity index (χ4n) is 3.15. The summed E-state index contributed by atoms with van der Waals surface area (Å²) < 4.78 is 0. The summed E-state index contributed by atoms with van der Waals surface area (Å²) in [6.07, 6.45) is 4.41. The van der Waals surface area contributed by atoms with Crippen LogP contribution in [0.2, 0.25) is 0 Å². The Kier molecular flexibility index (Phi) is 5.77. The maximum absolute atomic E-state index is 12.5. The number of rotatable bonds is 6. The number of amides is 2. The van der Waals surface area contributed by atoms with Crippen molar-refractivity contribution in [1.29, 1.82) is 0 Å². The SMILES string of the molecule is O=C(Nc1nc2c(s1)C(=O)C[C@H](C(=O)NCCc1cccs1)C2)c1ccncc1. The molecule has 0 bridgehead atoms. The van der Waals surface area contributed by atoms with Gasteiger partial charge in [0.1, 0.15) is 0 Å². The van der Waals surface area contributed by atoms with Gasteiger partial charge < -0.3 is 5.32 Å². The summed E-state index contributed by atoms with van der Waals surface area (Å²) in [4.78, 5) is 47.3. The van der Waals surface area contributed by atoms with Gasteiger partial charge in [0, 0.05) is 42.2 Å². The number of ketones is 1. The van der Waals surface area contributed by atoms with Crippen LogP contribution in [0.4, 0.5) is 5.13 Å². The summed E-state index contributed by atoms with van der Waals surface area (Å²) in [5, 5.41) is 8.01. The third-order valence-corrected chi connectivity index (χ3v) is 6.60. The zero-order valence-electron chi connectivity index (χ0n) is 15.4. The minimum Gasteiger partial charge on any atom is -0.355 e. The minimum atomic E-state index is -0.427. The Balaban J connectivity index is 1.38. The number of hydrogen-bond acceptors (Lipinski definition) is 7. The van der Waals surface area contributed by atoms with E-state index >= 15 is 0 Å². The van der Waals surface area contributed by atoms with Crippen LogP contribution in [0.5, 0.6) is 0 Å². The van der Waals surface area contributed by atoms with Crippen molar-refractivity contribution in [2.45, 2.75) is 19.3 Å². The van der Waals surface area contributed by atoms with E-state index in [0.29, 0.717) is 34.2 Å². The van der Waals surface area contributed by atoms with Crippen molar-refractivity contribution in [3.05, 3.63) is 63.1 Å². The number of hydrogen-bond donors (Lipinski definition) is 2. The first-order chi connectivity index (χ1) is 14.1. The van der Waals surface area contributed by atoms with Crippen LogP contribution in [0.3, 0.4) is 0 Å². The largest absolute Gasteiger partial charge is 0.355 e. The lowest BCUT2D eigenvalue weighted by molar-refractivity contribution is -0.125. The average molecular weight is 427 g/mol. The molecule has 2 N–H and O–H groups in total. The number of pyridine rings is 1. The van der Waals surface area contributed by atoms with Gasteiger partial charge in [0.25, 0.3) is 5.91 Å². The molecule has 0 radical (unpaired) electrons. The molecule has 0 saturated carbocycles. The highest BCUT2D eigenvalue weighted by atomic mass is 32.1. The topological polar surface area (TPSA) is 101 Å². The number of carbonyl (C=O) groups excluding carboxylic acids is 3. The highest BCUT2D eigenvalue weighted by Gasteiger charge is 2.33. The van der Waals surface area contributed by atoms with Crippen LogP contribution in [-0.2, 0) is 17.6 Å². The van der Waals surface area contributed by atoms with Crippen LogP contribution in [0, 0.1) is 5.92 Å². The van der Waals surface area contributed by atoms with Crippen LogP contribution in [-0.4, -0.2) is 34.1 Å². The summed E-state index contributed by atoms with van der Waals surface area (Å²) in [6, 6.07) is 7.22. The van der Waals surface area contributed by atoms with Gasteiger partial charge in [-0.2, -0.15) is 0 Å². The van der Waals surface area contributed by atoms with Crippen molar-refractivity contribution >= 4 is 45.4 Å². The molecule has 0 fully saturated rings. The van der Waals surface area contributed by atoms with Crippen LogP contribution in [0.1, 0.15) is 37.0 Å². The van der Waals surface area contributed by atoms with E-state index in [1.54, 1.807) is 23.5 Å². The van der Waals surface area contributed by atoms with E-state index in [2.05, 4.69) is 20.6 Å².